The summed E-state index contributed by atoms with van der Waals surface area (Å²) in [6.45, 7) is 1.94. The first kappa shape index (κ1) is 13.6. The molecule has 2 aromatic carbocycles. The minimum atomic E-state index is -0.278. The van der Waals surface area contributed by atoms with Crippen LogP contribution in [0.3, 0.4) is 0 Å². The van der Waals surface area contributed by atoms with Crippen molar-refractivity contribution >= 4 is 44.4 Å². The van der Waals surface area contributed by atoms with Crippen molar-refractivity contribution in [2.24, 2.45) is 0 Å². The van der Waals surface area contributed by atoms with Crippen molar-refractivity contribution in [1.82, 2.24) is 9.97 Å². The number of fused-ring (bicyclic) bond motifs is 1. The SMILES string of the molecule is Cc1cc(Br)ccc1NC(=O)Nc1ccc2nc[nH]c2c1. The molecule has 21 heavy (non-hydrogen) atoms. The van der Waals surface area contributed by atoms with Crippen molar-refractivity contribution in [2.75, 3.05) is 10.6 Å². The summed E-state index contributed by atoms with van der Waals surface area (Å²) < 4.78 is 0.982. The molecule has 0 radical (unpaired) electrons. The monoisotopic (exact) mass is 344 g/mol. The molecule has 0 fully saturated rings. The quantitative estimate of drug-likeness (QED) is 0.649. The number of aromatic amines is 1. The first-order valence-electron chi connectivity index (χ1n) is 6.39. The molecule has 5 nitrogen and oxygen atoms in total. The third kappa shape index (κ3) is 3.05. The van der Waals surface area contributed by atoms with Crippen molar-refractivity contribution in [3.63, 3.8) is 0 Å². The van der Waals surface area contributed by atoms with Gasteiger partial charge in [0.05, 0.1) is 17.4 Å². The summed E-state index contributed by atoms with van der Waals surface area (Å²) in [6, 6.07) is 10.9. The van der Waals surface area contributed by atoms with Gasteiger partial charge in [0.2, 0.25) is 0 Å². The summed E-state index contributed by atoms with van der Waals surface area (Å²) in [5, 5.41) is 5.64. The number of amides is 2. The van der Waals surface area contributed by atoms with E-state index < -0.39 is 0 Å². The molecule has 0 aliphatic heterocycles. The Morgan fingerprint density at radius 1 is 1.19 bits per heavy atom. The van der Waals surface area contributed by atoms with E-state index in [1.165, 1.54) is 0 Å². The number of urea groups is 1. The topological polar surface area (TPSA) is 69.8 Å². The molecular formula is C15H13BrN4O. The molecule has 3 aromatic rings. The maximum Gasteiger partial charge on any atom is 0.323 e. The molecule has 3 rings (SSSR count). The molecule has 2 amide bonds. The van der Waals surface area contributed by atoms with Crippen LogP contribution in [0.4, 0.5) is 16.2 Å². The molecule has 1 heterocycles. The van der Waals surface area contributed by atoms with Crippen LogP contribution in [-0.4, -0.2) is 16.0 Å². The van der Waals surface area contributed by atoms with Gasteiger partial charge < -0.3 is 15.6 Å². The summed E-state index contributed by atoms with van der Waals surface area (Å²) in [6.07, 6.45) is 1.62. The number of nitrogens with one attached hydrogen (secondary N) is 3. The number of nitrogens with zero attached hydrogens (tertiary/aromatic N) is 1. The number of rotatable bonds is 2. The van der Waals surface area contributed by atoms with Crippen molar-refractivity contribution < 1.29 is 4.79 Å². The Balaban J connectivity index is 1.73. The van der Waals surface area contributed by atoms with Crippen LogP contribution in [0.2, 0.25) is 0 Å². The number of anilines is 2. The molecular weight excluding hydrogens is 332 g/mol. The average Bonchev–Trinajstić information content (AvgIpc) is 2.89. The number of carbonyl (C=O) groups excluding carboxylic acids is 1. The van der Waals surface area contributed by atoms with E-state index in [2.05, 4.69) is 36.5 Å². The minimum absolute atomic E-state index is 0.278. The van der Waals surface area contributed by atoms with Gasteiger partial charge in [-0.2, -0.15) is 0 Å². The van der Waals surface area contributed by atoms with E-state index in [4.69, 9.17) is 0 Å². The molecule has 0 bridgehead atoms. The number of hydrogen-bond acceptors (Lipinski definition) is 2. The lowest BCUT2D eigenvalue weighted by atomic mass is 10.2. The molecule has 1 aromatic heterocycles. The van der Waals surface area contributed by atoms with Gasteiger partial charge in [-0.25, -0.2) is 9.78 Å². The highest BCUT2D eigenvalue weighted by molar-refractivity contribution is 9.10. The van der Waals surface area contributed by atoms with Gasteiger partial charge in [0.25, 0.3) is 0 Å². The van der Waals surface area contributed by atoms with Gasteiger partial charge in [0, 0.05) is 15.8 Å². The second kappa shape index (κ2) is 5.57. The number of carbonyl (C=O) groups is 1. The average molecular weight is 345 g/mol. The molecule has 6 heteroatoms. The van der Waals surface area contributed by atoms with Crippen LogP contribution in [0.1, 0.15) is 5.56 Å². The maximum absolute atomic E-state index is 12.0. The standard InChI is InChI=1S/C15H13BrN4O/c1-9-6-10(16)2-4-12(9)20-15(21)19-11-3-5-13-14(7-11)18-8-17-13/h2-8H,1H3,(H,17,18)(H2,19,20,21). The van der Waals surface area contributed by atoms with Crippen LogP contribution in [-0.2, 0) is 0 Å². The van der Waals surface area contributed by atoms with Gasteiger partial charge in [-0.15, -0.1) is 0 Å². The molecule has 106 valence electrons. The van der Waals surface area contributed by atoms with Crippen molar-refractivity contribution in [1.29, 1.82) is 0 Å². The summed E-state index contributed by atoms with van der Waals surface area (Å²) in [5.41, 5.74) is 4.22. The third-order valence-electron chi connectivity index (χ3n) is 3.11. The number of aromatic nitrogens is 2. The zero-order valence-corrected chi connectivity index (χ0v) is 12.9. The van der Waals surface area contributed by atoms with Crippen molar-refractivity contribution in [3.8, 4) is 0 Å². The van der Waals surface area contributed by atoms with Crippen LogP contribution in [0.25, 0.3) is 11.0 Å². The van der Waals surface area contributed by atoms with E-state index in [0.717, 1.165) is 26.8 Å². The Bertz CT molecular complexity index is 812. The zero-order chi connectivity index (χ0) is 14.8. The summed E-state index contributed by atoms with van der Waals surface area (Å²) >= 11 is 3.40. The lowest BCUT2D eigenvalue weighted by molar-refractivity contribution is 0.262. The van der Waals surface area contributed by atoms with Gasteiger partial charge in [0.1, 0.15) is 0 Å². The fraction of sp³-hybridized carbons (Fsp3) is 0.0667. The second-order valence-electron chi connectivity index (χ2n) is 4.67. The Labute approximate surface area is 129 Å². The summed E-state index contributed by atoms with van der Waals surface area (Å²) in [7, 11) is 0. The number of benzene rings is 2. The van der Waals surface area contributed by atoms with E-state index in [9.17, 15) is 4.79 Å². The summed E-state index contributed by atoms with van der Waals surface area (Å²) in [4.78, 5) is 19.2. The van der Waals surface area contributed by atoms with E-state index in [-0.39, 0.29) is 6.03 Å². The van der Waals surface area contributed by atoms with E-state index in [0.29, 0.717) is 5.69 Å². The number of hydrogen-bond donors (Lipinski definition) is 3. The minimum Gasteiger partial charge on any atom is -0.345 e. The Hall–Kier alpha value is -2.34. The molecule has 0 atom stereocenters. The van der Waals surface area contributed by atoms with Crippen LogP contribution < -0.4 is 10.6 Å². The van der Waals surface area contributed by atoms with Crippen molar-refractivity contribution in [3.05, 3.63) is 52.8 Å². The molecule has 0 aliphatic rings. The highest BCUT2D eigenvalue weighted by Gasteiger charge is 2.06. The molecule has 3 N–H and O–H groups in total. The van der Waals surface area contributed by atoms with Crippen molar-refractivity contribution in [2.45, 2.75) is 6.92 Å². The lowest BCUT2D eigenvalue weighted by Crippen LogP contribution is -2.19. The molecule has 0 aliphatic carbocycles. The first-order chi connectivity index (χ1) is 10.1. The number of halogens is 1. The van der Waals surface area contributed by atoms with Crippen LogP contribution in [0.15, 0.2) is 47.2 Å². The Morgan fingerprint density at radius 3 is 2.86 bits per heavy atom. The van der Waals surface area contributed by atoms with Gasteiger partial charge in [0.15, 0.2) is 0 Å². The Kier molecular flexibility index (Phi) is 3.62. The fourth-order valence-corrected chi connectivity index (χ4v) is 2.54. The van der Waals surface area contributed by atoms with E-state index in [1.54, 1.807) is 6.33 Å². The number of aryl methyl sites for hydroxylation is 1. The zero-order valence-electron chi connectivity index (χ0n) is 11.3. The van der Waals surface area contributed by atoms with Gasteiger partial charge >= 0.3 is 6.03 Å². The summed E-state index contributed by atoms with van der Waals surface area (Å²) in [5.74, 6) is 0. The highest BCUT2D eigenvalue weighted by Crippen LogP contribution is 2.21. The second-order valence-corrected chi connectivity index (χ2v) is 5.59. The predicted octanol–water partition coefficient (Wildman–Crippen LogP) is 4.28. The van der Waals surface area contributed by atoms with Gasteiger partial charge in [-0.05, 0) is 48.9 Å². The highest BCUT2D eigenvalue weighted by atomic mass is 79.9. The predicted molar refractivity (Wildman–Crippen MR) is 87.6 cm³/mol. The van der Waals surface area contributed by atoms with Gasteiger partial charge in [-0.1, -0.05) is 15.9 Å². The first-order valence-corrected chi connectivity index (χ1v) is 7.18. The van der Waals surface area contributed by atoms with Crippen LogP contribution in [0.5, 0.6) is 0 Å². The van der Waals surface area contributed by atoms with Gasteiger partial charge in [-0.3, -0.25) is 0 Å². The van der Waals surface area contributed by atoms with Crippen LogP contribution in [0, 0.1) is 6.92 Å². The normalized spacial score (nSPS) is 10.6. The maximum atomic E-state index is 12.0. The van der Waals surface area contributed by atoms with E-state index >= 15 is 0 Å². The fourth-order valence-electron chi connectivity index (χ4n) is 2.07. The number of imidazole rings is 1. The van der Waals surface area contributed by atoms with E-state index in [1.807, 2.05) is 43.3 Å². The lowest BCUT2D eigenvalue weighted by Gasteiger charge is -2.10. The molecule has 0 saturated carbocycles. The third-order valence-corrected chi connectivity index (χ3v) is 3.61. The molecule has 0 saturated heterocycles. The largest absolute Gasteiger partial charge is 0.345 e. The number of H-pyrrole nitrogens is 1. The van der Waals surface area contributed by atoms with Crippen LogP contribution >= 0.6 is 15.9 Å². The molecule has 0 spiro atoms. The molecule has 0 unspecified atom stereocenters. The Morgan fingerprint density at radius 2 is 2.05 bits per heavy atom. The smallest absolute Gasteiger partial charge is 0.323 e.